The Labute approximate surface area is 123 Å². The van der Waals surface area contributed by atoms with E-state index < -0.39 is 0 Å². The monoisotopic (exact) mass is 279 g/mol. The van der Waals surface area contributed by atoms with Gasteiger partial charge in [-0.2, -0.15) is 5.10 Å². The number of fused-ring (bicyclic) bond motifs is 1. The zero-order valence-corrected chi connectivity index (χ0v) is 12.1. The van der Waals surface area contributed by atoms with Crippen LogP contribution in [-0.4, -0.2) is 16.1 Å². The van der Waals surface area contributed by atoms with Crippen LogP contribution in [-0.2, 0) is 6.54 Å². The number of aryl methyl sites for hydroxylation is 2. The van der Waals surface area contributed by atoms with Gasteiger partial charge in [0.25, 0.3) is 5.91 Å². The number of carbonyl (C=O) groups is 1. The van der Waals surface area contributed by atoms with Gasteiger partial charge in [0.15, 0.2) is 0 Å². The Hall–Kier alpha value is -2.62. The van der Waals surface area contributed by atoms with E-state index in [-0.39, 0.29) is 5.91 Å². The van der Waals surface area contributed by atoms with Crippen molar-refractivity contribution in [1.82, 2.24) is 15.5 Å². The SMILES string of the molecule is Cc1n[nH]c(C)c1C(=O)NCc1cccc2ccccc12. The number of H-pyrrole nitrogens is 1. The molecule has 0 radical (unpaired) electrons. The summed E-state index contributed by atoms with van der Waals surface area (Å²) >= 11 is 0. The minimum Gasteiger partial charge on any atom is -0.348 e. The molecule has 21 heavy (non-hydrogen) atoms. The highest BCUT2D eigenvalue weighted by molar-refractivity contribution is 5.96. The fourth-order valence-electron chi connectivity index (χ4n) is 2.60. The Balaban J connectivity index is 1.83. The summed E-state index contributed by atoms with van der Waals surface area (Å²) in [6, 6.07) is 14.3. The molecule has 2 N–H and O–H groups in total. The number of aromatic amines is 1. The van der Waals surface area contributed by atoms with Gasteiger partial charge in [0.1, 0.15) is 0 Å². The molecule has 0 atom stereocenters. The largest absolute Gasteiger partial charge is 0.348 e. The number of benzene rings is 2. The van der Waals surface area contributed by atoms with Crippen LogP contribution in [0.4, 0.5) is 0 Å². The third kappa shape index (κ3) is 2.52. The predicted molar refractivity (Wildman–Crippen MR) is 83.2 cm³/mol. The number of rotatable bonds is 3. The lowest BCUT2D eigenvalue weighted by Crippen LogP contribution is -2.24. The van der Waals surface area contributed by atoms with Gasteiger partial charge in [0.05, 0.1) is 11.3 Å². The molecule has 0 spiro atoms. The van der Waals surface area contributed by atoms with Gasteiger partial charge in [-0.3, -0.25) is 9.89 Å². The number of nitrogens with zero attached hydrogens (tertiary/aromatic N) is 1. The van der Waals surface area contributed by atoms with Crippen LogP contribution in [0.1, 0.15) is 27.3 Å². The number of nitrogens with one attached hydrogen (secondary N) is 2. The third-order valence-electron chi connectivity index (χ3n) is 3.67. The fraction of sp³-hybridized carbons (Fsp3) is 0.176. The maximum Gasteiger partial charge on any atom is 0.255 e. The summed E-state index contributed by atoms with van der Waals surface area (Å²) in [5.74, 6) is -0.0910. The molecule has 1 amide bonds. The summed E-state index contributed by atoms with van der Waals surface area (Å²) < 4.78 is 0. The number of hydrogen-bond acceptors (Lipinski definition) is 2. The molecular formula is C17H17N3O. The van der Waals surface area contributed by atoms with Crippen LogP contribution in [0.5, 0.6) is 0 Å². The lowest BCUT2D eigenvalue weighted by molar-refractivity contribution is 0.0950. The van der Waals surface area contributed by atoms with E-state index in [1.54, 1.807) is 0 Å². The molecule has 2 aromatic carbocycles. The molecule has 3 rings (SSSR count). The summed E-state index contributed by atoms with van der Waals surface area (Å²) in [5, 5.41) is 12.2. The molecule has 1 aromatic heterocycles. The Morgan fingerprint density at radius 3 is 2.67 bits per heavy atom. The van der Waals surface area contributed by atoms with Gasteiger partial charge >= 0.3 is 0 Å². The highest BCUT2D eigenvalue weighted by atomic mass is 16.1. The van der Waals surface area contributed by atoms with E-state index in [0.717, 1.165) is 17.0 Å². The van der Waals surface area contributed by atoms with Crippen LogP contribution in [0.2, 0.25) is 0 Å². The lowest BCUT2D eigenvalue weighted by atomic mass is 10.0. The molecular weight excluding hydrogens is 262 g/mol. The summed E-state index contributed by atoms with van der Waals surface area (Å²) in [5.41, 5.74) is 3.27. The smallest absolute Gasteiger partial charge is 0.255 e. The quantitative estimate of drug-likeness (QED) is 0.774. The second-order valence-electron chi connectivity index (χ2n) is 5.13. The van der Waals surface area contributed by atoms with Gasteiger partial charge < -0.3 is 5.32 Å². The van der Waals surface area contributed by atoms with Gasteiger partial charge in [-0.05, 0) is 30.2 Å². The minimum atomic E-state index is -0.0910. The molecule has 4 nitrogen and oxygen atoms in total. The van der Waals surface area contributed by atoms with E-state index in [0.29, 0.717) is 12.1 Å². The number of hydrogen-bond donors (Lipinski definition) is 2. The molecule has 106 valence electrons. The Kier molecular flexibility index (Phi) is 3.44. The van der Waals surface area contributed by atoms with Crippen molar-refractivity contribution in [2.75, 3.05) is 0 Å². The van der Waals surface area contributed by atoms with E-state index >= 15 is 0 Å². The van der Waals surface area contributed by atoms with E-state index in [2.05, 4.69) is 33.7 Å². The van der Waals surface area contributed by atoms with Crippen molar-refractivity contribution < 1.29 is 4.79 Å². The minimum absolute atomic E-state index is 0.0910. The molecule has 0 fully saturated rings. The summed E-state index contributed by atoms with van der Waals surface area (Å²) in [6.45, 7) is 4.19. The van der Waals surface area contributed by atoms with Crippen LogP contribution in [0, 0.1) is 13.8 Å². The first kappa shape index (κ1) is 13.4. The van der Waals surface area contributed by atoms with Crippen molar-refractivity contribution in [3.05, 3.63) is 65.0 Å². The van der Waals surface area contributed by atoms with Crippen LogP contribution >= 0.6 is 0 Å². The highest BCUT2D eigenvalue weighted by Gasteiger charge is 2.14. The lowest BCUT2D eigenvalue weighted by Gasteiger charge is -2.08. The van der Waals surface area contributed by atoms with Crippen molar-refractivity contribution in [3.8, 4) is 0 Å². The molecule has 0 aliphatic heterocycles. The molecule has 0 aliphatic carbocycles. The fourth-order valence-corrected chi connectivity index (χ4v) is 2.60. The van der Waals surface area contributed by atoms with Crippen LogP contribution < -0.4 is 5.32 Å². The summed E-state index contributed by atoms with van der Waals surface area (Å²) in [6.07, 6.45) is 0. The molecule has 3 aromatic rings. The molecule has 4 heteroatoms. The Morgan fingerprint density at radius 2 is 1.90 bits per heavy atom. The number of amides is 1. The molecule has 0 bridgehead atoms. The second-order valence-corrected chi connectivity index (χ2v) is 5.13. The van der Waals surface area contributed by atoms with Crippen LogP contribution in [0.15, 0.2) is 42.5 Å². The molecule has 0 saturated carbocycles. The van der Waals surface area contributed by atoms with E-state index in [4.69, 9.17) is 0 Å². The van der Waals surface area contributed by atoms with Crippen molar-refractivity contribution in [2.45, 2.75) is 20.4 Å². The topological polar surface area (TPSA) is 57.8 Å². The highest BCUT2D eigenvalue weighted by Crippen LogP contribution is 2.18. The van der Waals surface area contributed by atoms with Gasteiger partial charge in [0.2, 0.25) is 0 Å². The van der Waals surface area contributed by atoms with E-state index in [9.17, 15) is 4.79 Å². The van der Waals surface area contributed by atoms with E-state index in [1.807, 2.05) is 38.1 Å². The second kappa shape index (κ2) is 5.40. The molecule has 1 heterocycles. The molecule has 0 saturated heterocycles. The van der Waals surface area contributed by atoms with Crippen molar-refractivity contribution >= 4 is 16.7 Å². The Bertz CT molecular complexity index is 780. The first-order valence-corrected chi connectivity index (χ1v) is 6.93. The van der Waals surface area contributed by atoms with Gasteiger partial charge in [-0.1, -0.05) is 42.5 Å². The van der Waals surface area contributed by atoms with Gasteiger partial charge in [-0.15, -0.1) is 0 Å². The zero-order chi connectivity index (χ0) is 14.8. The van der Waals surface area contributed by atoms with Gasteiger partial charge in [0, 0.05) is 12.2 Å². The maximum atomic E-state index is 12.3. The van der Waals surface area contributed by atoms with Gasteiger partial charge in [-0.25, -0.2) is 0 Å². The van der Waals surface area contributed by atoms with Crippen molar-refractivity contribution in [1.29, 1.82) is 0 Å². The normalized spacial score (nSPS) is 10.8. The Morgan fingerprint density at radius 1 is 1.14 bits per heavy atom. The predicted octanol–water partition coefficient (Wildman–Crippen LogP) is 3.11. The number of aromatic nitrogens is 2. The standard InChI is InChI=1S/C17H17N3O/c1-11-16(12(2)20-19-11)17(21)18-10-14-8-5-7-13-6-3-4-9-15(13)14/h3-9H,10H2,1-2H3,(H,18,21)(H,19,20). The van der Waals surface area contributed by atoms with Crippen LogP contribution in [0.3, 0.4) is 0 Å². The maximum absolute atomic E-state index is 12.3. The van der Waals surface area contributed by atoms with E-state index in [1.165, 1.54) is 10.8 Å². The first-order chi connectivity index (χ1) is 10.2. The molecule has 0 unspecified atom stereocenters. The summed E-state index contributed by atoms with van der Waals surface area (Å²) in [4.78, 5) is 12.3. The average molecular weight is 279 g/mol. The zero-order valence-electron chi connectivity index (χ0n) is 12.1. The van der Waals surface area contributed by atoms with Crippen LogP contribution in [0.25, 0.3) is 10.8 Å². The first-order valence-electron chi connectivity index (χ1n) is 6.93. The molecule has 0 aliphatic rings. The van der Waals surface area contributed by atoms with Crippen molar-refractivity contribution in [3.63, 3.8) is 0 Å². The van der Waals surface area contributed by atoms with Crippen molar-refractivity contribution in [2.24, 2.45) is 0 Å². The average Bonchev–Trinajstić information content (AvgIpc) is 2.84. The number of carbonyl (C=O) groups excluding carboxylic acids is 1. The third-order valence-corrected chi connectivity index (χ3v) is 3.67. The summed E-state index contributed by atoms with van der Waals surface area (Å²) in [7, 11) is 0.